The van der Waals surface area contributed by atoms with E-state index in [-0.39, 0.29) is 56.5 Å². The van der Waals surface area contributed by atoms with Crippen LogP contribution in [0.2, 0.25) is 0 Å². The van der Waals surface area contributed by atoms with Crippen molar-refractivity contribution in [2.75, 3.05) is 33.0 Å². The Morgan fingerprint density at radius 1 is 1.08 bits per heavy atom. The van der Waals surface area contributed by atoms with Crippen molar-refractivity contribution < 1.29 is 29.0 Å². The van der Waals surface area contributed by atoms with Crippen LogP contribution in [0.1, 0.15) is 45.1 Å². The summed E-state index contributed by atoms with van der Waals surface area (Å²) in [5.41, 5.74) is 0.234. The van der Waals surface area contributed by atoms with Crippen LogP contribution in [0, 0.1) is 11.8 Å². The number of nitrogens with one attached hydrogen (secondary N) is 2. The number of hydrogen-bond acceptors (Lipinski definition) is 6. The molecule has 0 saturated heterocycles. The van der Waals surface area contributed by atoms with Crippen molar-refractivity contribution >= 4 is 17.8 Å². The predicted molar refractivity (Wildman–Crippen MR) is 140 cm³/mol. The largest absolute Gasteiger partial charge is 0.463 e. The fourth-order valence-corrected chi connectivity index (χ4v) is 3.57. The number of aliphatic hydroxyl groups is 1. The van der Waals surface area contributed by atoms with Gasteiger partial charge in [-0.15, -0.1) is 13.2 Å². The third kappa shape index (κ3) is 13.2. The maximum Gasteiger partial charge on any atom is 0.309 e. The molecule has 0 saturated carbocycles. The summed E-state index contributed by atoms with van der Waals surface area (Å²) in [7, 11) is 0. The van der Waals surface area contributed by atoms with Crippen molar-refractivity contribution in [1.82, 2.24) is 10.6 Å². The van der Waals surface area contributed by atoms with E-state index in [9.17, 15) is 14.4 Å². The minimum absolute atomic E-state index is 0.00553. The van der Waals surface area contributed by atoms with Crippen LogP contribution < -0.4 is 10.6 Å². The van der Waals surface area contributed by atoms with E-state index in [1.165, 1.54) is 0 Å². The predicted octanol–water partition coefficient (Wildman–Crippen LogP) is 2.96. The van der Waals surface area contributed by atoms with Gasteiger partial charge in [0.05, 0.1) is 37.2 Å². The lowest BCUT2D eigenvalue weighted by atomic mass is 9.94. The molecule has 0 aliphatic rings. The minimum atomic E-state index is -0.823. The summed E-state index contributed by atoms with van der Waals surface area (Å²) >= 11 is 0. The van der Waals surface area contributed by atoms with Crippen LogP contribution in [-0.2, 0) is 30.3 Å². The molecule has 0 aliphatic carbocycles. The Labute approximate surface area is 215 Å². The molecule has 1 rings (SSSR count). The lowest BCUT2D eigenvalue weighted by Gasteiger charge is -2.29. The molecular formula is C28H42N2O6. The summed E-state index contributed by atoms with van der Waals surface area (Å²) in [6, 6.07) is 9.78. The number of ether oxygens (including phenoxy) is 2. The zero-order chi connectivity index (χ0) is 26.8. The highest BCUT2D eigenvalue weighted by Crippen LogP contribution is 2.18. The Bertz CT molecular complexity index is 825. The molecule has 0 spiro atoms. The molecule has 0 radical (unpaired) electrons. The van der Waals surface area contributed by atoms with Crippen LogP contribution in [0.3, 0.4) is 0 Å². The van der Waals surface area contributed by atoms with Crippen molar-refractivity contribution in [3.8, 4) is 0 Å². The molecule has 2 unspecified atom stereocenters. The molecule has 0 heterocycles. The van der Waals surface area contributed by atoms with Gasteiger partial charge in [0.2, 0.25) is 11.8 Å². The van der Waals surface area contributed by atoms with Crippen LogP contribution in [0.4, 0.5) is 0 Å². The van der Waals surface area contributed by atoms with Gasteiger partial charge in [-0.25, -0.2) is 0 Å². The van der Waals surface area contributed by atoms with Gasteiger partial charge in [-0.2, -0.15) is 0 Å². The molecule has 0 aromatic heterocycles. The van der Waals surface area contributed by atoms with Crippen molar-refractivity contribution in [2.24, 2.45) is 11.8 Å². The summed E-state index contributed by atoms with van der Waals surface area (Å²) in [4.78, 5) is 38.0. The average Bonchev–Trinajstić information content (AvgIpc) is 2.85. The summed E-state index contributed by atoms with van der Waals surface area (Å²) in [5.74, 6) is -1.81. The Morgan fingerprint density at radius 3 is 2.44 bits per heavy atom. The number of benzene rings is 1. The second-order valence-electron chi connectivity index (χ2n) is 9.34. The van der Waals surface area contributed by atoms with Gasteiger partial charge >= 0.3 is 5.97 Å². The topological polar surface area (TPSA) is 114 Å². The minimum Gasteiger partial charge on any atom is -0.463 e. The van der Waals surface area contributed by atoms with E-state index in [0.717, 1.165) is 5.56 Å². The third-order valence-electron chi connectivity index (χ3n) is 5.47. The number of hydrogen-bond donors (Lipinski definition) is 3. The van der Waals surface area contributed by atoms with Crippen LogP contribution in [0.5, 0.6) is 0 Å². The molecule has 2 amide bonds. The third-order valence-corrected chi connectivity index (χ3v) is 5.47. The zero-order valence-electron chi connectivity index (χ0n) is 21.7. The standard InChI is InChI=1S/C28H42N2O6/c1-5-7-14-24(19-22-12-9-8-10-13-22)27(34)36-21-28(3,4)30-26(33)23(11-6-2)20-25(32)29-15-17-35-18-16-31/h5-6,8-10,12-13,23-24,31H,1-2,7,11,14-21H2,3-4H3,(H,29,32)(H,30,33). The first-order valence-corrected chi connectivity index (χ1v) is 12.4. The quantitative estimate of drug-likeness (QED) is 0.152. The smallest absolute Gasteiger partial charge is 0.309 e. The molecule has 8 heteroatoms. The molecule has 0 bridgehead atoms. The molecule has 36 heavy (non-hydrogen) atoms. The van der Waals surface area contributed by atoms with Crippen molar-refractivity contribution in [2.45, 2.75) is 51.5 Å². The van der Waals surface area contributed by atoms with Gasteiger partial charge in [-0.3, -0.25) is 14.4 Å². The van der Waals surface area contributed by atoms with Crippen LogP contribution in [0.15, 0.2) is 55.6 Å². The second-order valence-corrected chi connectivity index (χ2v) is 9.34. The first-order chi connectivity index (χ1) is 17.2. The Morgan fingerprint density at radius 2 is 1.81 bits per heavy atom. The van der Waals surface area contributed by atoms with Crippen molar-refractivity contribution in [1.29, 1.82) is 0 Å². The van der Waals surface area contributed by atoms with Crippen molar-refractivity contribution in [3.63, 3.8) is 0 Å². The fraction of sp³-hybridized carbons (Fsp3) is 0.536. The molecular weight excluding hydrogens is 460 g/mol. The van der Waals surface area contributed by atoms with E-state index in [4.69, 9.17) is 14.6 Å². The number of amides is 2. The molecule has 1 aromatic rings. The van der Waals surface area contributed by atoms with Gasteiger partial charge in [-0.1, -0.05) is 42.5 Å². The number of esters is 1. The van der Waals surface area contributed by atoms with Gasteiger partial charge < -0.3 is 25.2 Å². The lowest BCUT2D eigenvalue weighted by molar-refractivity contribution is -0.151. The fourth-order valence-electron chi connectivity index (χ4n) is 3.57. The van der Waals surface area contributed by atoms with E-state index < -0.39 is 11.5 Å². The van der Waals surface area contributed by atoms with Gasteiger partial charge in [-0.05, 0) is 45.1 Å². The first kappa shape index (κ1) is 31.1. The first-order valence-electron chi connectivity index (χ1n) is 12.4. The lowest BCUT2D eigenvalue weighted by Crippen LogP contribution is -2.50. The van der Waals surface area contributed by atoms with E-state index >= 15 is 0 Å². The zero-order valence-corrected chi connectivity index (χ0v) is 21.7. The highest BCUT2D eigenvalue weighted by molar-refractivity contribution is 5.86. The Hall–Kier alpha value is -2.97. The van der Waals surface area contributed by atoms with E-state index in [0.29, 0.717) is 32.2 Å². The summed E-state index contributed by atoms with van der Waals surface area (Å²) in [6.07, 6.45) is 5.61. The number of allylic oxidation sites excluding steroid dienone is 2. The van der Waals surface area contributed by atoms with Crippen LogP contribution in [0.25, 0.3) is 0 Å². The van der Waals surface area contributed by atoms with Crippen molar-refractivity contribution in [3.05, 3.63) is 61.2 Å². The summed E-state index contributed by atoms with van der Waals surface area (Å²) in [5, 5.41) is 14.3. The number of carbonyl (C=O) groups excluding carboxylic acids is 3. The normalized spacial score (nSPS) is 12.8. The number of aliphatic hydroxyl groups excluding tert-OH is 1. The summed E-state index contributed by atoms with van der Waals surface area (Å²) in [6.45, 7) is 11.7. The number of rotatable bonds is 19. The van der Waals surface area contributed by atoms with Crippen LogP contribution in [-0.4, -0.2) is 61.4 Å². The molecule has 0 aliphatic heterocycles. The molecule has 0 fully saturated rings. The second kappa shape index (κ2) is 17.5. The van der Waals surface area contributed by atoms with Gasteiger partial charge in [0.25, 0.3) is 0 Å². The monoisotopic (exact) mass is 502 g/mol. The maximum atomic E-state index is 12.9. The van der Waals surface area contributed by atoms with Gasteiger partial charge in [0, 0.05) is 13.0 Å². The molecule has 1 aromatic carbocycles. The highest BCUT2D eigenvalue weighted by atomic mass is 16.5. The maximum absolute atomic E-state index is 12.9. The van der Waals surface area contributed by atoms with E-state index in [2.05, 4.69) is 23.8 Å². The average molecular weight is 503 g/mol. The molecule has 2 atom stereocenters. The van der Waals surface area contributed by atoms with Gasteiger partial charge in [0.15, 0.2) is 0 Å². The SMILES string of the molecule is C=CCCC(Cc1ccccc1)C(=O)OCC(C)(C)NC(=O)C(CC=C)CC(=O)NCCOCCO. The molecule has 3 N–H and O–H groups in total. The Balaban J connectivity index is 2.63. The molecule has 200 valence electrons. The summed E-state index contributed by atoms with van der Waals surface area (Å²) < 4.78 is 10.7. The van der Waals surface area contributed by atoms with E-state index in [1.807, 2.05) is 30.3 Å². The van der Waals surface area contributed by atoms with Gasteiger partial charge in [0.1, 0.15) is 6.61 Å². The molecule has 8 nitrogen and oxygen atoms in total. The highest BCUT2D eigenvalue weighted by Gasteiger charge is 2.29. The van der Waals surface area contributed by atoms with Crippen LogP contribution >= 0.6 is 0 Å². The number of carbonyl (C=O) groups is 3. The van der Waals surface area contributed by atoms with E-state index in [1.54, 1.807) is 26.0 Å². The Kier molecular flexibility index (Phi) is 15.1.